The second-order valence-electron chi connectivity index (χ2n) is 10.6. The Labute approximate surface area is 240 Å². The highest BCUT2D eigenvalue weighted by Gasteiger charge is 2.23. The van der Waals surface area contributed by atoms with Crippen molar-refractivity contribution < 1.29 is 14.2 Å². The minimum Gasteiger partial charge on any atom is -0.497 e. The first-order chi connectivity index (χ1) is 20.1. The predicted octanol–water partition coefficient (Wildman–Crippen LogP) is 5.19. The van der Waals surface area contributed by atoms with Crippen molar-refractivity contribution >= 4 is 22.4 Å². The lowest BCUT2D eigenvalue weighted by Gasteiger charge is -2.28. The maximum atomic E-state index is 9.37. The molecule has 2 aliphatic rings. The molecule has 2 aromatic heterocycles. The monoisotopic (exact) mass is 553 g/mol. The first kappa shape index (κ1) is 27.0. The number of hydrogen-bond donors (Lipinski definition) is 0. The van der Waals surface area contributed by atoms with E-state index in [1.807, 2.05) is 41.3 Å². The summed E-state index contributed by atoms with van der Waals surface area (Å²) in [5, 5.41) is 13.9. The summed E-state index contributed by atoms with van der Waals surface area (Å²) in [6.07, 6.45) is 9.73. The zero-order valence-corrected chi connectivity index (χ0v) is 23.6. The molecule has 212 valence electrons. The Kier molecular flexibility index (Phi) is 7.98. The van der Waals surface area contributed by atoms with Gasteiger partial charge in [0.1, 0.15) is 17.7 Å². The number of methoxy groups -OCH3 is 2. The van der Waals surface area contributed by atoms with Crippen LogP contribution in [0.25, 0.3) is 22.3 Å². The minimum absolute atomic E-state index is 0.0232. The normalized spacial score (nSPS) is 19.2. The molecule has 2 aliphatic heterocycles. The van der Waals surface area contributed by atoms with Gasteiger partial charge in [0.05, 0.1) is 55.3 Å². The summed E-state index contributed by atoms with van der Waals surface area (Å²) in [5.74, 6) is 1.54. The van der Waals surface area contributed by atoms with Crippen molar-refractivity contribution in [2.45, 2.75) is 31.9 Å². The van der Waals surface area contributed by atoms with Gasteiger partial charge in [0.25, 0.3) is 0 Å². The lowest BCUT2D eigenvalue weighted by atomic mass is 10.1. The quantitative estimate of drug-likeness (QED) is 0.277. The summed E-state index contributed by atoms with van der Waals surface area (Å²) < 4.78 is 18.9. The van der Waals surface area contributed by atoms with Gasteiger partial charge in [0.15, 0.2) is 0 Å². The fraction of sp³-hybridized carbons (Fsp3) is 0.419. The topological polar surface area (TPSA) is 102 Å². The third-order valence-electron chi connectivity index (χ3n) is 7.93. The molecule has 6 rings (SSSR count). The van der Waals surface area contributed by atoms with Crippen LogP contribution in [0.3, 0.4) is 0 Å². The summed E-state index contributed by atoms with van der Waals surface area (Å²) in [6.45, 7) is 4.05. The SMILES string of the molecule is COc1cc(OC)cc(N(CCN2CC[C@H](C#N)C2)c2ccc3ncc(-c4cnn(C5CCCCO5)c4)nc3c2)c1. The number of anilines is 2. The van der Waals surface area contributed by atoms with Crippen LogP contribution in [0.5, 0.6) is 11.5 Å². The van der Waals surface area contributed by atoms with Gasteiger partial charge in [0, 0.05) is 67.6 Å². The van der Waals surface area contributed by atoms with Crippen LogP contribution in [0.2, 0.25) is 0 Å². The maximum Gasteiger partial charge on any atom is 0.150 e. The number of hydrogen-bond acceptors (Lipinski definition) is 9. The number of nitrogens with zero attached hydrogens (tertiary/aromatic N) is 7. The average Bonchev–Trinajstić information content (AvgIpc) is 3.71. The number of benzene rings is 2. The summed E-state index contributed by atoms with van der Waals surface area (Å²) in [4.78, 5) is 14.3. The lowest BCUT2D eigenvalue weighted by molar-refractivity contribution is -0.0394. The molecule has 10 nitrogen and oxygen atoms in total. The predicted molar refractivity (Wildman–Crippen MR) is 156 cm³/mol. The van der Waals surface area contributed by atoms with E-state index in [-0.39, 0.29) is 12.1 Å². The fourth-order valence-electron chi connectivity index (χ4n) is 5.61. The molecule has 4 aromatic rings. The van der Waals surface area contributed by atoms with E-state index >= 15 is 0 Å². The highest BCUT2D eigenvalue weighted by Crippen LogP contribution is 2.34. The van der Waals surface area contributed by atoms with Gasteiger partial charge in [-0.15, -0.1) is 0 Å². The Balaban J connectivity index is 1.32. The van der Waals surface area contributed by atoms with Gasteiger partial charge in [-0.25, -0.2) is 9.67 Å². The number of rotatable bonds is 9. The molecule has 0 N–H and O–H groups in total. The van der Waals surface area contributed by atoms with E-state index < -0.39 is 0 Å². The van der Waals surface area contributed by atoms with Crippen LogP contribution in [0.4, 0.5) is 11.4 Å². The van der Waals surface area contributed by atoms with Crippen molar-refractivity contribution in [3.63, 3.8) is 0 Å². The number of ether oxygens (including phenoxy) is 3. The highest BCUT2D eigenvalue weighted by atomic mass is 16.5. The highest BCUT2D eigenvalue weighted by molar-refractivity contribution is 5.82. The van der Waals surface area contributed by atoms with E-state index in [9.17, 15) is 5.26 Å². The second-order valence-corrected chi connectivity index (χ2v) is 10.6. The Morgan fingerprint density at radius 3 is 2.61 bits per heavy atom. The van der Waals surface area contributed by atoms with Crippen molar-refractivity contribution in [2.24, 2.45) is 5.92 Å². The Bertz CT molecular complexity index is 1520. The molecule has 10 heteroatoms. The van der Waals surface area contributed by atoms with Crippen LogP contribution in [0.15, 0.2) is 55.0 Å². The van der Waals surface area contributed by atoms with Gasteiger partial charge in [-0.1, -0.05) is 0 Å². The van der Waals surface area contributed by atoms with Crippen molar-refractivity contribution in [1.29, 1.82) is 5.26 Å². The smallest absolute Gasteiger partial charge is 0.150 e. The third kappa shape index (κ3) is 5.97. The first-order valence-electron chi connectivity index (χ1n) is 14.2. The molecule has 0 radical (unpaired) electrons. The average molecular weight is 554 g/mol. The van der Waals surface area contributed by atoms with Crippen molar-refractivity contribution in [2.75, 3.05) is 51.9 Å². The van der Waals surface area contributed by atoms with E-state index in [2.05, 4.69) is 33.1 Å². The molecule has 2 fully saturated rings. The van der Waals surface area contributed by atoms with Crippen molar-refractivity contribution in [3.05, 3.63) is 55.0 Å². The molecule has 0 aliphatic carbocycles. The van der Waals surface area contributed by atoms with Crippen LogP contribution in [0.1, 0.15) is 31.9 Å². The first-order valence-corrected chi connectivity index (χ1v) is 14.2. The summed E-state index contributed by atoms with van der Waals surface area (Å²) in [5.41, 5.74) is 5.24. The molecule has 1 unspecified atom stereocenters. The van der Waals surface area contributed by atoms with Gasteiger partial charge >= 0.3 is 0 Å². The Morgan fingerprint density at radius 2 is 1.88 bits per heavy atom. The van der Waals surface area contributed by atoms with Crippen LogP contribution >= 0.6 is 0 Å². The van der Waals surface area contributed by atoms with E-state index in [1.165, 1.54) is 0 Å². The molecule has 2 aromatic carbocycles. The van der Waals surface area contributed by atoms with Gasteiger partial charge in [0.2, 0.25) is 0 Å². The number of fused-ring (bicyclic) bond motifs is 1. The lowest BCUT2D eigenvalue weighted by Crippen LogP contribution is -2.31. The molecule has 0 saturated carbocycles. The Morgan fingerprint density at radius 1 is 1.02 bits per heavy atom. The van der Waals surface area contributed by atoms with Gasteiger partial charge in [-0.2, -0.15) is 10.4 Å². The molecule has 41 heavy (non-hydrogen) atoms. The van der Waals surface area contributed by atoms with Gasteiger partial charge in [-0.3, -0.25) is 4.98 Å². The Hall–Kier alpha value is -4.20. The molecule has 4 heterocycles. The van der Waals surface area contributed by atoms with Crippen LogP contribution in [-0.4, -0.2) is 71.7 Å². The molecular formula is C31H35N7O3. The molecular weight excluding hydrogens is 518 g/mol. The van der Waals surface area contributed by atoms with Gasteiger partial charge in [-0.05, 0) is 50.4 Å². The van der Waals surface area contributed by atoms with Crippen LogP contribution in [0, 0.1) is 17.2 Å². The third-order valence-corrected chi connectivity index (χ3v) is 7.93. The summed E-state index contributed by atoms with van der Waals surface area (Å²) in [6, 6.07) is 14.5. The largest absolute Gasteiger partial charge is 0.497 e. The van der Waals surface area contributed by atoms with E-state index in [0.29, 0.717) is 0 Å². The van der Waals surface area contributed by atoms with E-state index in [1.54, 1.807) is 20.4 Å². The maximum absolute atomic E-state index is 9.37. The number of nitriles is 1. The van der Waals surface area contributed by atoms with Crippen LogP contribution in [-0.2, 0) is 4.74 Å². The zero-order valence-electron chi connectivity index (χ0n) is 23.6. The summed E-state index contributed by atoms with van der Waals surface area (Å²) in [7, 11) is 3.32. The molecule has 0 amide bonds. The van der Waals surface area contributed by atoms with E-state index in [0.717, 1.165) is 104 Å². The van der Waals surface area contributed by atoms with E-state index in [4.69, 9.17) is 24.2 Å². The molecule has 0 bridgehead atoms. The van der Waals surface area contributed by atoms with Crippen molar-refractivity contribution in [3.8, 4) is 28.8 Å². The second kappa shape index (κ2) is 12.1. The molecule has 2 saturated heterocycles. The van der Waals surface area contributed by atoms with Crippen molar-refractivity contribution in [1.82, 2.24) is 24.6 Å². The fourth-order valence-corrected chi connectivity index (χ4v) is 5.61. The molecule has 2 atom stereocenters. The van der Waals surface area contributed by atoms with Gasteiger partial charge < -0.3 is 24.0 Å². The standard InChI is InChI=1S/C31H35N7O3/c1-39-26-13-25(14-27(16-26)40-2)37(11-10-36-9-8-22(17-32)20-36)24-6-7-28-29(15-24)35-30(19-33-28)23-18-34-38(21-23)31-5-3-4-12-41-31/h6-7,13-16,18-19,21-22,31H,3-5,8-12,20H2,1-2H3/t22-,31?/m1/s1. The van der Waals surface area contributed by atoms with Crippen LogP contribution < -0.4 is 14.4 Å². The minimum atomic E-state index is -0.0232. The summed E-state index contributed by atoms with van der Waals surface area (Å²) >= 11 is 0. The molecule has 0 spiro atoms. The zero-order chi connectivity index (χ0) is 28.2. The number of aromatic nitrogens is 4. The number of likely N-dealkylation sites (tertiary alicyclic amines) is 1.